The van der Waals surface area contributed by atoms with Crippen molar-refractivity contribution in [3.8, 4) is 11.3 Å². The van der Waals surface area contributed by atoms with Crippen molar-refractivity contribution in [1.82, 2.24) is 9.97 Å². The lowest BCUT2D eigenvalue weighted by Crippen LogP contribution is -2.02. The zero-order valence-corrected chi connectivity index (χ0v) is 11.6. The lowest BCUT2D eigenvalue weighted by atomic mass is 9.97. The van der Waals surface area contributed by atoms with E-state index in [4.69, 9.17) is 11.6 Å². The van der Waals surface area contributed by atoms with Crippen LogP contribution in [-0.2, 0) is 0 Å². The highest BCUT2D eigenvalue weighted by Gasteiger charge is 2.20. The number of halogens is 3. The molecule has 2 aromatic rings. The van der Waals surface area contributed by atoms with E-state index in [1.165, 1.54) is 25.4 Å². The minimum Gasteiger partial charge on any atom is -0.236 e. The van der Waals surface area contributed by atoms with Crippen molar-refractivity contribution in [2.75, 3.05) is 0 Å². The first-order chi connectivity index (χ1) is 8.93. The van der Waals surface area contributed by atoms with Gasteiger partial charge in [-0.15, -0.1) is 0 Å². The number of nitrogens with zero attached hydrogens (tertiary/aromatic N) is 2. The smallest absolute Gasteiger partial charge is 0.168 e. The van der Waals surface area contributed by atoms with Crippen molar-refractivity contribution >= 4 is 11.6 Å². The van der Waals surface area contributed by atoms with E-state index in [1.54, 1.807) is 0 Å². The number of hydrogen-bond donors (Lipinski definition) is 0. The number of rotatable bonds is 2. The number of benzene rings is 1. The SMILES string of the molecule is Cc1ccc(-c2ncnc(Cl)c2C(C)C)c(F)c1F. The Labute approximate surface area is 115 Å². The second-order valence-corrected chi connectivity index (χ2v) is 5.00. The van der Waals surface area contributed by atoms with E-state index in [2.05, 4.69) is 9.97 Å². The second kappa shape index (κ2) is 5.21. The third kappa shape index (κ3) is 2.45. The highest BCUT2D eigenvalue weighted by Crippen LogP contribution is 2.33. The minimum atomic E-state index is -0.906. The summed E-state index contributed by atoms with van der Waals surface area (Å²) in [5.74, 6) is -1.76. The fourth-order valence-corrected chi connectivity index (χ4v) is 2.28. The summed E-state index contributed by atoms with van der Waals surface area (Å²) >= 11 is 6.03. The third-order valence-electron chi connectivity index (χ3n) is 2.94. The molecule has 0 aliphatic rings. The Balaban J connectivity index is 2.73. The fourth-order valence-electron chi connectivity index (χ4n) is 1.93. The molecule has 1 aromatic heterocycles. The predicted molar refractivity (Wildman–Crippen MR) is 71.2 cm³/mol. The monoisotopic (exact) mass is 282 g/mol. The molecule has 19 heavy (non-hydrogen) atoms. The van der Waals surface area contributed by atoms with E-state index >= 15 is 0 Å². The molecule has 5 heteroatoms. The molecule has 1 heterocycles. The van der Waals surface area contributed by atoms with Crippen LogP contribution in [0.1, 0.15) is 30.9 Å². The molecule has 0 amide bonds. The van der Waals surface area contributed by atoms with Crippen molar-refractivity contribution in [2.24, 2.45) is 0 Å². The van der Waals surface area contributed by atoms with Crippen LogP contribution >= 0.6 is 11.6 Å². The Morgan fingerprint density at radius 3 is 2.42 bits per heavy atom. The Hall–Kier alpha value is -1.55. The summed E-state index contributed by atoms with van der Waals surface area (Å²) in [6.45, 7) is 5.31. The van der Waals surface area contributed by atoms with Crippen molar-refractivity contribution in [1.29, 1.82) is 0 Å². The van der Waals surface area contributed by atoms with Gasteiger partial charge in [0.05, 0.1) is 5.69 Å². The molecule has 2 nitrogen and oxygen atoms in total. The van der Waals surface area contributed by atoms with Gasteiger partial charge in [-0.05, 0) is 24.5 Å². The molecule has 0 aliphatic carbocycles. The maximum Gasteiger partial charge on any atom is 0.168 e. The molecular formula is C14H13ClF2N2. The molecule has 1 aromatic carbocycles. The van der Waals surface area contributed by atoms with Gasteiger partial charge in [0.25, 0.3) is 0 Å². The standard InChI is InChI=1S/C14H13ClF2N2/c1-7(2)10-13(18-6-19-14(10)15)9-5-4-8(3)11(16)12(9)17/h4-7H,1-3H3. The molecule has 0 spiro atoms. The summed E-state index contributed by atoms with van der Waals surface area (Å²) in [4.78, 5) is 7.95. The summed E-state index contributed by atoms with van der Waals surface area (Å²) in [5.41, 5.74) is 1.32. The van der Waals surface area contributed by atoms with Crippen molar-refractivity contribution in [2.45, 2.75) is 26.7 Å². The maximum absolute atomic E-state index is 14.0. The molecule has 0 saturated heterocycles. The predicted octanol–water partition coefficient (Wildman–Crippen LogP) is 4.51. The van der Waals surface area contributed by atoms with Gasteiger partial charge in [0.2, 0.25) is 0 Å². The van der Waals surface area contributed by atoms with E-state index < -0.39 is 11.6 Å². The molecule has 2 rings (SSSR count). The van der Waals surface area contributed by atoms with Gasteiger partial charge in [-0.2, -0.15) is 0 Å². The van der Waals surface area contributed by atoms with E-state index in [9.17, 15) is 8.78 Å². The molecule has 100 valence electrons. The van der Waals surface area contributed by atoms with E-state index in [0.717, 1.165) is 0 Å². The number of hydrogen-bond acceptors (Lipinski definition) is 2. The van der Waals surface area contributed by atoms with Gasteiger partial charge in [0.15, 0.2) is 11.6 Å². The molecule has 0 saturated carbocycles. The zero-order chi connectivity index (χ0) is 14.2. The Morgan fingerprint density at radius 2 is 1.79 bits per heavy atom. The lowest BCUT2D eigenvalue weighted by Gasteiger charge is -2.14. The quantitative estimate of drug-likeness (QED) is 0.758. The van der Waals surface area contributed by atoms with Crippen LogP contribution in [0.5, 0.6) is 0 Å². The fraction of sp³-hybridized carbons (Fsp3) is 0.286. The average Bonchev–Trinajstić information content (AvgIpc) is 2.35. The Kier molecular flexibility index (Phi) is 3.80. The van der Waals surface area contributed by atoms with Gasteiger partial charge in [-0.3, -0.25) is 0 Å². The molecule has 0 fully saturated rings. The van der Waals surface area contributed by atoms with Crippen molar-refractivity contribution in [3.05, 3.63) is 46.4 Å². The average molecular weight is 283 g/mol. The van der Waals surface area contributed by atoms with E-state index in [0.29, 0.717) is 11.3 Å². The molecule has 0 unspecified atom stereocenters. The van der Waals surface area contributed by atoms with Gasteiger partial charge in [-0.1, -0.05) is 31.5 Å². The van der Waals surface area contributed by atoms with Crippen LogP contribution in [0, 0.1) is 18.6 Å². The first-order valence-electron chi connectivity index (χ1n) is 5.88. The Bertz CT molecular complexity index is 627. The largest absolute Gasteiger partial charge is 0.236 e. The first-order valence-corrected chi connectivity index (χ1v) is 6.26. The Morgan fingerprint density at radius 1 is 1.11 bits per heavy atom. The molecule has 0 atom stereocenters. The second-order valence-electron chi connectivity index (χ2n) is 4.64. The van der Waals surface area contributed by atoms with E-state index in [1.807, 2.05) is 13.8 Å². The van der Waals surface area contributed by atoms with Crippen LogP contribution in [0.3, 0.4) is 0 Å². The summed E-state index contributed by atoms with van der Waals surface area (Å²) in [6, 6.07) is 3.03. The normalized spacial score (nSPS) is 11.1. The molecule has 0 radical (unpaired) electrons. The summed E-state index contributed by atoms with van der Waals surface area (Å²) in [6.07, 6.45) is 1.25. The zero-order valence-electron chi connectivity index (χ0n) is 10.8. The van der Waals surface area contributed by atoms with Gasteiger partial charge < -0.3 is 0 Å². The first kappa shape index (κ1) is 13.9. The van der Waals surface area contributed by atoms with Crippen LogP contribution in [-0.4, -0.2) is 9.97 Å². The number of aromatic nitrogens is 2. The molecule has 0 aliphatic heterocycles. The topological polar surface area (TPSA) is 25.8 Å². The van der Waals surface area contributed by atoms with E-state index in [-0.39, 0.29) is 22.2 Å². The molecular weight excluding hydrogens is 270 g/mol. The van der Waals surface area contributed by atoms with Crippen LogP contribution in [0.2, 0.25) is 5.15 Å². The van der Waals surface area contributed by atoms with Crippen LogP contribution in [0.4, 0.5) is 8.78 Å². The van der Waals surface area contributed by atoms with Gasteiger partial charge in [0, 0.05) is 11.1 Å². The molecule has 0 N–H and O–H groups in total. The van der Waals surface area contributed by atoms with Crippen LogP contribution in [0.25, 0.3) is 11.3 Å². The molecule has 0 bridgehead atoms. The van der Waals surface area contributed by atoms with Crippen LogP contribution in [0.15, 0.2) is 18.5 Å². The lowest BCUT2D eigenvalue weighted by molar-refractivity contribution is 0.505. The van der Waals surface area contributed by atoms with Gasteiger partial charge >= 0.3 is 0 Å². The van der Waals surface area contributed by atoms with Crippen LogP contribution < -0.4 is 0 Å². The number of aryl methyl sites for hydroxylation is 1. The highest BCUT2D eigenvalue weighted by atomic mass is 35.5. The summed E-state index contributed by atoms with van der Waals surface area (Å²) in [7, 11) is 0. The summed E-state index contributed by atoms with van der Waals surface area (Å²) in [5, 5.41) is 0.264. The maximum atomic E-state index is 14.0. The minimum absolute atomic E-state index is 0.00691. The van der Waals surface area contributed by atoms with Gasteiger partial charge in [-0.25, -0.2) is 18.7 Å². The van der Waals surface area contributed by atoms with Crippen molar-refractivity contribution < 1.29 is 8.78 Å². The van der Waals surface area contributed by atoms with Gasteiger partial charge in [0.1, 0.15) is 11.5 Å². The summed E-state index contributed by atoms with van der Waals surface area (Å²) < 4.78 is 27.7. The highest BCUT2D eigenvalue weighted by molar-refractivity contribution is 6.30. The third-order valence-corrected chi connectivity index (χ3v) is 3.24. The van der Waals surface area contributed by atoms with Crippen molar-refractivity contribution in [3.63, 3.8) is 0 Å².